The van der Waals surface area contributed by atoms with Gasteiger partial charge in [0.15, 0.2) is 0 Å². The number of aromatic nitrogens is 1. The summed E-state index contributed by atoms with van der Waals surface area (Å²) in [6.45, 7) is 1.73. The number of hydrazine groups is 1. The summed E-state index contributed by atoms with van der Waals surface area (Å²) in [6, 6.07) is 4.01. The molecule has 1 fully saturated rings. The molecule has 2 heterocycles. The lowest BCUT2D eigenvalue weighted by molar-refractivity contribution is 0.0603. The van der Waals surface area contributed by atoms with E-state index < -0.39 is 0 Å². The predicted octanol–water partition coefficient (Wildman–Crippen LogP) is 2.17. The van der Waals surface area contributed by atoms with E-state index in [0.29, 0.717) is 5.92 Å². The fraction of sp³-hybridized carbons (Fsp3) is 0.583. The number of halogens is 1. The molecule has 1 aliphatic rings. The molecule has 0 aromatic carbocycles. The van der Waals surface area contributed by atoms with Crippen LogP contribution in [0.3, 0.4) is 0 Å². The highest BCUT2D eigenvalue weighted by molar-refractivity contribution is 9.10. The minimum atomic E-state index is 0.105. The molecular weight excluding hydrogens is 282 g/mol. The first-order valence-electron chi connectivity index (χ1n) is 5.95. The summed E-state index contributed by atoms with van der Waals surface area (Å²) < 4.78 is 6.38. The molecule has 4 nitrogen and oxygen atoms in total. The summed E-state index contributed by atoms with van der Waals surface area (Å²) >= 11 is 3.52. The minimum absolute atomic E-state index is 0.105. The van der Waals surface area contributed by atoms with Crippen molar-refractivity contribution in [1.29, 1.82) is 0 Å². The summed E-state index contributed by atoms with van der Waals surface area (Å²) in [7, 11) is 0. The Kier molecular flexibility index (Phi) is 4.91. The second-order valence-electron chi connectivity index (χ2n) is 4.38. The number of nitrogens with zero attached hydrogens (tertiary/aromatic N) is 1. The highest BCUT2D eigenvalue weighted by Crippen LogP contribution is 2.29. The van der Waals surface area contributed by atoms with Crippen LogP contribution in [0, 0.1) is 5.92 Å². The summed E-state index contributed by atoms with van der Waals surface area (Å²) in [4.78, 5) is 4.39. The van der Waals surface area contributed by atoms with Crippen LogP contribution in [0.4, 0.5) is 0 Å². The van der Waals surface area contributed by atoms with E-state index in [-0.39, 0.29) is 6.04 Å². The maximum Gasteiger partial charge on any atom is 0.0728 e. The van der Waals surface area contributed by atoms with Crippen molar-refractivity contribution in [3.05, 3.63) is 28.5 Å². The van der Waals surface area contributed by atoms with E-state index in [1.807, 2.05) is 12.1 Å². The number of nitrogens with two attached hydrogens (primary N) is 1. The number of pyridine rings is 1. The van der Waals surface area contributed by atoms with E-state index in [0.717, 1.165) is 42.6 Å². The van der Waals surface area contributed by atoms with Crippen LogP contribution in [0.1, 0.15) is 31.0 Å². The fourth-order valence-electron chi connectivity index (χ4n) is 2.23. The van der Waals surface area contributed by atoms with Crippen molar-refractivity contribution in [2.75, 3.05) is 13.2 Å². The average molecular weight is 300 g/mol. The van der Waals surface area contributed by atoms with Gasteiger partial charge in [-0.1, -0.05) is 0 Å². The largest absolute Gasteiger partial charge is 0.381 e. The Bertz CT molecular complexity index is 355. The maximum atomic E-state index is 5.65. The molecule has 1 saturated heterocycles. The van der Waals surface area contributed by atoms with Gasteiger partial charge < -0.3 is 4.74 Å². The van der Waals surface area contributed by atoms with Gasteiger partial charge in [0.05, 0.1) is 11.7 Å². The van der Waals surface area contributed by atoms with Crippen molar-refractivity contribution in [3.8, 4) is 0 Å². The Labute approximate surface area is 110 Å². The normalized spacial score (nSPS) is 19.2. The van der Waals surface area contributed by atoms with E-state index in [4.69, 9.17) is 10.6 Å². The molecule has 3 N–H and O–H groups in total. The van der Waals surface area contributed by atoms with Gasteiger partial charge in [0.1, 0.15) is 0 Å². The summed E-state index contributed by atoms with van der Waals surface area (Å²) in [5.74, 6) is 6.31. The quantitative estimate of drug-likeness (QED) is 0.661. The third-order valence-corrected chi connectivity index (χ3v) is 3.90. The fourth-order valence-corrected chi connectivity index (χ4v) is 2.76. The van der Waals surface area contributed by atoms with Crippen molar-refractivity contribution in [2.45, 2.75) is 25.3 Å². The van der Waals surface area contributed by atoms with E-state index in [9.17, 15) is 0 Å². The van der Waals surface area contributed by atoms with Crippen molar-refractivity contribution in [1.82, 2.24) is 10.4 Å². The van der Waals surface area contributed by atoms with E-state index >= 15 is 0 Å². The van der Waals surface area contributed by atoms with Gasteiger partial charge in [0.25, 0.3) is 0 Å². The Morgan fingerprint density at radius 3 is 2.94 bits per heavy atom. The Morgan fingerprint density at radius 2 is 2.29 bits per heavy atom. The van der Waals surface area contributed by atoms with Crippen molar-refractivity contribution in [3.63, 3.8) is 0 Å². The molecule has 0 spiro atoms. The molecule has 0 bridgehead atoms. The van der Waals surface area contributed by atoms with Crippen LogP contribution in [-0.4, -0.2) is 18.2 Å². The lowest BCUT2D eigenvalue weighted by atomic mass is 9.91. The lowest BCUT2D eigenvalue weighted by Crippen LogP contribution is -2.31. The van der Waals surface area contributed by atoms with Crippen LogP contribution in [0.15, 0.2) is 22.8 Å². The van der Waals surface area contributed by atoms with Crippen LogP contribution >= 0.6 is 15.9 Å². The SMILES string of the molecule is NNC(CC1CCOCC1)c1ncccc1Br. The third kappa shape index (κ3) is 3.48. The molecule has 94 valence electrons. The number of ether oxygens (including phenoxy) is 1. The van der Waals surface area contributed by atoms with Crippen LogP contribution in [0.2, 0.25) is 0 Å². The zero-order valence-corrected chi connectivity index (χ0v) is 11.3. The molecule has 1 atom stereocenters. The Morgan fingerprint density at radius 1 is 1.53 bits per heavy atom. The van der Waals surface area contributed by atoms with Gasteiger partial charge in [0, 0.05) is 23.9 Å². The van der Waals surface area contributed by atoms with Crippen LogP contribution in [0.25, 0.3) is 0 Å². The molecular formula is C12H18BrN3O. The highest BCUT2D eigenvalue weighted by Gasteiger charge is 2.21. The lowest BCUT2D eigenvalue weighted by Gasteiger charge is -2.26. The zero-order valence-electron chi connectivity index (χ0n) is 9.73. The number of hydrogen-bond donors (Lipinski definition) is 2. The molecule has 0 radical (unpaired) electrons. The van der Waals surface area contributed by atoms with Crippen LogP contribution < -0.4 is 11.3 Å². The molecule has 1 unspecified atom stereocenters. The molecule has 1 aromatic heterocycles. The highest BCUT2D eigenvalue weighted by atomic mass is 79.9. The van der Waals surface area contributed by atoms with Gasteiger partial charge in [-0.25, -0.2) is 0 Å². The van der Waals surface area contributed by atoms with Gasteiger partial charge in [-0.05, 0) is 53.2 Å². The second-order valence-corrected chi connectivity index (χ2v) is 5.24. The van der Waals surface area contributed by atoms with E-state index in [2.05, 4.69) is 26.3 Å². The summed E-state index contributed by atoms with van der Waals surface area (Å²) in [6.07, 6.45) is 5.04. The first-order chi connectivity index (χ1) is 8.31. The standard InChI is InChI=1S/C12H18BrN3O/c13-10-2-1-5-15-12(10)11(16-14)8-9-3-6-17-7-4-9/h1-2,5,9,11,16H,3-4,6-8,14H2. The summed E-state index contributed by atoms with van der Waals surface area (Å²) in [5, 5.41) is 0. The molecule has 1 aromatic rings. The molecule has 1 aliphatic heterocycles. The topological polar surface area (TPSA) is 60.2 Å². The summed E-state index contributed by atoms with van der Waals surface area (Å²) in [5.41, 5.74) is 3.86. The first-order valence-corrected chi connectivity index (χ1v) is 6.75. The van der Waals surface area contributed by atoms with Crippen molar-refractivity contribution >= 4 is 15.9 Å². The monoisotopic (exact) mass is 299 g/mol. The van der Waals surface area contributed by atoms with Crippen LogP contribution in [0.5, 0.6) is 0 Å². The number of rotatable bonds is 4. The first kappa shape index (κ1) is 13.0. The molecule has 17 heavy (non-hydrogen) atoms. The van der Waals surface area contributed by atoms with Gasteiger partial charge in [-0.2, -0.15) is 0 Å². The Balaban J connectivity index is 2.03. The smallest absolute Gasteiger partial charge is 0.0728 e. The van der Waals surface area contributed by atoms with Crippen molar-refractivity contribution < 1.29 is 4.74 Å². The molecule has 2 rings (SSSR count). The van der Waals surface area contributed by atoms with E-state index in [1.165, 1.54) is 0 Å². The minimum Gasteiger partial charge on any atom is -0.381 e. The second kappa shape index (κ2) is 6.44. The molecule has 0 aliphatic carbocycles. The van der Waals surface area contributed by atoms with Crippen LogP contribution in [-0.2, 0) is 4.74 Å². The van der Waals surface area contributed by atoms with Crippen molar-refractivity contribution in [2.24, 2.45) is 11.8 Å². The van der Waals surface area contributed by atoms with Gasteiger partial charge in [-0.3, -0.25) is 16.3 Å². The van der Waals surface area contributed by atoms with E-state index in [1.54, 1.807) is 6.20 Å². The third-order valence-electron chi connectivity index (χ3n) is 3.23. The maximum absolute atomic E-state index is 5.65. The average Bonchev–Trinajstić information content (AvgIpc) is 2.38. The Hall–Kier alpha value is -0.490. The predicted molar refractivity (Wildman–Crippen MR) is 70.2 cm³/mol. The molecule has 0 amide bonds. The zero-order chi connectivity index (χ0) is 12.1. The number of nitrogens with one attached hydrogen (secondary N) is 1. The molecule has 0 saturated carbocycles. The number of hydrogen-bond acceptors (Lipinski definition) is 4. The van der Waals surface area contributed by atoms with Gasteiger partial charge >= 0.3 is 0 Å². The van der Waals surface area contributed by atoms with Gasteiger partial charge in [0.2, 0.25) is 0 Å². The van der Waals surface area contributed by atoms with Gasteiger partial charge in [-0.15, -0.1) is 0 Å². The molecule has 5 heteroatoms.